The Morgan fingerprint density at radius 3 is 1.81 bits per heavy atom. The average Bonchev–Trinajstić information content (AvgIpc) is 2.64. The lowest BCUT2D eigenvalue weighted by Crippen LogP contribution is -2.42. The van der Waals surface area contributed by atoms with Crippen LogP contribution in [0.25, 0.3) is 0 Å². The highest BCUT2D eigenvalue weighted by atomic mass is 16.3. The van der Waals surface area contributed by atoms with Gasteiger partial charge in [0, 0.05) is 12.6 Å². The van der Waals surface area contributed by atoms with E-state index in [0.717, 1.165) is 32.1 Å². The van der Waals surface area contributed by atoms with Gasteiger partial charge in [-0.2, -0.15) is 0 Å². The quantitative estimate of drug-likeness (QED) is 0.217. The van der Waals surface area contributed by atoms with Gasteiger partial charge < -0.3 is 10.4 Å². The maximum absolute atomic E-state index is 11.8. The number of rotatable bonds is 15. The lowest BCUT2D eigenvalue weighted by Gasteiger charge is -2.27. The van der Waals surface area contributed by atoms with E-state index in [2.05, 4.69) is 36.5 Å². The van der Waals surface area contributed by atoms with Gasteiger partial charge in [-0.15, -0.1) is 0 Å². The van der Waals surface area contributed by atoms with E-state index in [9.17, 15) is 9.90 Å². The summed E-state index contributed by atoms with van der Waals surface area (Å²) in [4.78, 5) is 11.8. The van der Waals surface area contributed by atoms with E-state index < -0.39 is 5.60 Å². The zero-order valence-electron chi connectivity index (χ0n) is 17.5. The molecule has 0 saturated heterocycles. The van der Waals surface area contributed by atoms with Gasteiger partial charge in [0.2, 0.25) is 5.91 Å². The van der Waals surface area contributed by atoms with Crippen LogP contribution in [0.4, 0.5) is 0 Å². The number of allylic oxidation sites excluding steroid dienone is 9. The summed E-state index contributed by atoms with van der Waals surface area (Å²) in [5, 5.41) is 13.3. The molecule has 0 aliphatic rings. The minimum Gasteiger partial charge on any atom is -0.388 e. The van der Waals surface area contributed by atoms with E-state index in [0.29, 0.717) is 19.4 Å². The number of unbranched alkanes of at least 4 members (excludes halogenated alkanes) is 2. The summed E-state index contributed by atoms with van der Waals surface area (Å²) >= 11 is 0. The highest BCUT2D eigenvalue weighted by molar-refractivity contribution is 5.87. The maximum atomic E-state index is 11.8. The van der Waals surface area contributed by atoms with Gasteiger partial charge in [0.1, 0.15) is 0 Å². The largest absolute Gasteiger partial charge is 0.388 e. The van der Waals surface area contributed by atoms with Crippen LogP contribution >= 0.6 is 0 Å². The fourth-order valence-corrected chi connectivity index (χ4v) is 2.70. The molecule has 0 unspecified atom stereocenters. The second-order valence-corrected chi connectivity index (χ2v) is 6.84. The smallest absolute Gasteiger partial charge is 0.244 e. The molecule has 2 N–H and O–H groups in total. The minimum absolute atomic E-state index is 0.161. The second-order valence-electron chi connectivity index (χ2n) is 6.84. The zero-order valence-corrected chi connectivity index (χ0v) is 17.5. The molecule has 152 valence electrons. The number of aliphatic hydroxyl groups is 1. The van der Waals surface area contributed by atoms with Crippen LogP contribution in [0, 0.1) is 0 Å². The van der Waals surface area contributed by atoms with Gasteiger partial charge >= 0.3 is 0 Å². The summed E-state index contributed by atoms with van der Waals surface area (Å²) in [6.45, 7) is 6.57. The number of hydrogen-bond acceptors (Lipinski definition) is 2. The van der Waals surface area contributed by atoms with Crippen LogP contribution in [-0.4, -0.2) is 23.2 Å². The molecule has 3 heteroatoms. The molecule has 0 aliphatic heterocycles. The molecule has 27 heavy (non-hydrogen) atoms. The third kappa shape index (κ3) is 16.1. The van der Waals surface area contributed by atoms with Crippen LogP contribution in [0.15, 0.2) is 60.8 Å². The fraction of sp³-hybridized carbons (Fsp3) is 0.542. The van der Waals surface area contributed by atoms with E-state index in [1.807, 2.05) is 38.2 Å². The summed E-state index contributed by atoms with van der Waals surface area (Å²) in [5.74, 6) is -0.161. The van der Waals surface area contributed by atoms with Crippen LogP contribution in [0.2, 0.25) is 0 Å². The highest BCUT2D eigenvalue weighted by Crippen LogP contribution is 2.18. The van der Waals surface area contributed by atoms with Gasteiger partial charge in [-0.25, -0.2) is 0 Å². The summed E-state index contributed by atoms with van der Waals surface area (Å²) in [6, 6.07) is 0. The Balaban J connectivity index is 3.98. The molecule has 0 aromatic rings. The average molecular weight is 374 g/mol. The van der Waals surface area contributed by atoms with Crippen LogP contribution < -0.4 is 5.32 Å². The predicted octanol–water partition coefficient (Wildman–Crippen LogP) is 5.80. The number of nitrogens with one attached hydrogen (secondary N) is 1. The van der Waals surface area contributed by atoms with E-state index in [1.165, 1.54) is 12.5 Å². The summed E-state index contributed by atoms with van der Waals surface area (Å²) in [7, 11) is 0. The van der Waals surface area contributed by atoms with Crippen molar-refractivity contribution in [1.82, 2.24) is 5.32 Å². The number of hydrogen-bond donors (Lipinski definition) is 2. The van der Waals surface area contributed by atoms with E-state index in [1.54, 1.807) is 6.08 Å². The van der Waals surface area contributed by atoms with Gasteiger partial charge in [0.05, 0.1) is 5.60 Å². The Kier molecular flexibility index (Phi) is 16.3. The summed E-state index contributed by atoms with van der Waals surface area (Å²) in [5.41, 5.74) is -0.782. The summed E-state index contributed by atoms with van der Waals surface area (Å²) in [6.07, 6.45) is 27.2. The van der Waals surface area contributed by atoms with Gasteiger partial charge in [-0.05, 0) is 32.1 Å². The fourth-order valence-electron chi connectivity index (χ4n) is 2.70. The Bertz CT molecular complexity index is 506. The normalized spacial score (nSPS) is 13.2. The lowest BCUT2D eigenvalue weighted by molar-refractivity contribution is -0.117. The van der Waals surface area contributed by atoms with Crippen molar-refractivity contribution in [2.24, 2.45) is 0 Å². The van der Waals surface area contributed by atoms with Crippen LogP contribution in [0.1, 0.15) is 72.1 Å². The molecule has 0 atom stereocenters. The third-order valence-electron chi connectivity index (χ3n) is 4.08. The molecule has 0 spiro atoms. The Labute approximate surface area is 166 Å². The Morgan fingerprint density at radius 1 is 0.778 bits per heavy atom. The van der Waals surface area contributed by atoms with E-state index >= 15 is 0 Å². The second kappa shape index (κ2) is 17.5. The molecule has 1 amide bonds. The molecule has 0 saturated carbocycles. The van der Waals surface area contributed by atoms with Crippen molar-refractivity contribution in [3.8, 4) is 0 Å². The van der Waals surface area contributed by atoms with Gasteiger partial charge in [0.15, 0.2) is 0 Å². The van der Waals surface area contributed by atoms with Crippen molar-refractivity contribution in [2.45, 2.75) is 77.7 Å². The van der Waals surface area contributed by atoms with Gasteiger partial charge in [-0.1, -0.05) is 94.7 Å². The van der Waals surface area contributed by atoms with Crippen LogP contribution in [0.3, 0.4) is 0 Å². The lowest BCUT2D eigenvalue weighted by atomic mass is 9.92. The topological polar surface area (TPSA) is 49.3 Å². The van der Waals surface area contributed by atoms with Crippen molar-refractivity contribution in [3.63, 3.8) is 0 Å². The third-order valence-corrected chi connectivity index (χ3v) is 4.08. The molecule has 0 heterocycles. The molecule has 0 aromatic carbocycles. The van der Waals surface area contributed by atoms with Crippen LogP contribution in [0.5, 0.6) is 0 Å². The van der Waals surface area contributed by atoms with Crippen LogP contribution in [-0.2, 0) is 4.79 Å². The highest BCUT2D eigenvalue weighted by Gasteiger charge is 2.24. The van der Waals surface area contributed by atoms with Gasteiger partial charge in [0.25, 0.3) is 0 Å². The molecule has 0 rings (SSSR count). The first-order chi connectivity index (χ1) is 13.1. The van der Waals surface area contributed by atoms with Crippen molar-refractivity contribution in [2.75, 3.05) is 6.54 Å². The standard InChI is InChI=1S/C24H39NO2/c1-4-7-8-9-10-11-12-13-14-15-16-17-18-19-23(26)25-22-24(27,20-5-2)21-6-3/h8-13,16-19,27H,4-7,14-15,20-22H2,1-3H3,(H,25,26). The first-order valence-electron chi connectivity index (χ1n) is 10.4. The molecule has 3 nitrogen and oxygen atoms in total. The van der Waals surface area contributed by atoms with Crippen molar-refractivity contribution < 1.29 is 9.90 Å². The summed E-state index contributed by atoms with van der Waals surface area (Å²) < 4.78 is 0. The number of carbonyl (C=O) groups is 1. The van der Waals surface area contributed by atoms with E-state index in [-0.39, 0.29) is 5.91 Å². The minimum atomic E-state index is -0.782. The maximum Gasteiger partial charge on any atom is 0.244 e. The number of carbonyl (C=O) groups excluding carboxylic acids is 1. The van der Waals surface area contributed by atoms with Crippen molar-refractivity contribution in [1.29, 1.82) is 0 Å². The zero-order chi connectivity index (χ0) is 20.2. The molecule has 0 fully saturated rings. The molecule has 0 radical (unpaired) electrons. The monoisotopic (exact) mass is 373 g/mol. The molecule has 0 aliphatic carbocycles. The Hall–Kier alpha value is -1.87. The first-order valence-corrected chi connectivity index (χ1v) is 10.4. The SMILES string of the molecule is CCCC=CC=CC=CCCC=CC=CC(=O)NCC(O)(CCC)CCC. The molecular weight excluding hydrogens is 334 g/mol. The predicted molar refractivity (Wildman–Crippen MR) is 118 cm³/mol. The van der Waals surface area contributed by atoms with Crippen molar-refractivity contribution in [3.05, 3.63) is 60.8 Å². The molecule has 0 bridgehead atoms. The molecular formula is C24H39NO2. The van der Waals surface area contributed by atoms with Crippen molar-refractivity contribution >= 4 is 5.91 Å². The number of amides is 1. The molecule has 0 aromatic heterocycles. The first kappa shape index (κ1) is 25.1. The van der Waals surface area contributed by atoms with Gasteiger partial charge in [-0.3, -0.25) is 4.79 Å². The van der Waals surface area contributed by atoms with E-state index in [4.69, 9.17) is 0 Å². The Morgan fingerprint density at radius 2 is 1.30 bits per heavy atom.